The van der Waals surface area contributed by atoms with Crippen LogP contribution in [0, 0.1) is 13.8 Å². The topological polar surface area (TPSA) is 42.2 Å². The van der Waals surface area contributed by atoms with Crippen LogP contribution in [0.3, 0.4) is 0 Å². The average Bonchev–Trinajstić information content (AvgIpc) is 2.78. The summed E-state index contributed by atoms with van der Waals surface area (Å²) in [5, 5.41) is 3.13. The van der Waals surface area contributed by atoms with Crippen molar-refractivity contribution in [2.75, 3.05) is 5.75 Å². The van der Waals surface area contributed by atoms with Gasteiger partial charge < -0.3 is 9.73 Å². The molecule has 0 spiro atoms. The van der Waals surface area contributed by atoms with Crippen LogP contribution >= 0.6 is 11.8 Å². The summed E-state index contributed by atoms with van der Waals surface area (Å²) in [5.74, 6) is 2.43. The second-order valence-electron chi connectivity index (χ2n) is 5.03. The Hall–Kier alpha value is -1.68. The normalized spacial score (nSPS) is 17.6. The molecule has 3 rings (SSSR count). The van der Waals surface area contributed by atoms with E-state index in [4.69, 9.17) is 4.42 Å². The van der Waals surface area contributed by atoms with Gasteiger partial charge in [0.05, 0.1) is 11.6 Å². The molecule has 1 atom stereocenters. The first kappa shape index (κ1) is 13.3. The molecule has 0 aliphatic carbocycles. The van der Waals surface area contributed by atoms with Crippen molar-refractivity contribution in [3.8, 4) is 0 Å². The van der Waals surface area contributed by atoms with E-state index < -0.39 is 0 Å². The molecule has 1 N–H and O–H groups in total. The quantitative estimate of drug-likeness (QED) is 0.912. The molecule has 1 aromatic heterocycles. The maximum Gasteiger partial charge on any atom is 0.255 e. The first-order valence-corrected chi connectivity index (χ1v) is 7.73. The largest absolute Gasteiger partial charge is 0.466 e. The molecule has 1 amide bonds. The molecule has 20 heavy (non-hydrogen) atoms. The first-order chi connectivity index (χ1) is 9.65. The number of benzene rings is 1. The highest BCUT2D eigenvalue weighted by atomic mass is 32.2. The van der Waals surface area contributed by atoms with Gasteiger partial charge >= 0.3 is 0 Å². The van der Waals surface area contributed by atoms with Gasteiger partial charge in [-0.05, 0) is 38.0 Å². The third-order valence-electron chi connectivity index (χ3n) is 3.55. The molecule has 1 aromatic carbocycles. The van der Waals surface area contributed by atoms with Crippen molar-refractivity contribution in [1.82, 2.24) is 5.32 Å². The summed E-state index contributed by atoms with van der Waals surface area (Å²) in [6.07, 6.45) is 0.962. The maximum absolute atomic E-state index is 12.4. The molecule has 0 bridgehead atoms. The first-order valence-electron chi connectivity index (χ1n) is 6.75. The zero-order valence-corrected chi connectivity index (χ0v) is 12.4. The molecule has 0 radical (unpaired) electrons. The molecule has 2 heterocycles. The summed E-state index contributed by atoms with van der Waals surface area (Å²) in [6.45, 7) is 3.68. The Morgan fingerprint density at radius 3 is 2.90 bits per heavy atom. The molecule has 4 heteroatoms. The van der Waals surface area contributed by atoms with Gasteiger partial charge in [0.1, 0.15) is 11.5 Å². The summed E-state index contributed by atoms with van der Waals surface area (Å²) >= 11 is 1.85. The van der Waals surface area contributed by atoms with E-state index in [0.29, 0.717) is 11.3 Å². The number of carbonyl (C=O) groups is 1. The Labute approximate surface area is 122 Å². The zero-order valence-electron chi connectivity index (χ0n) is 11.6. The number of carbonyl (C=O) groups excluding carboxylic acids is 1. The second kappa shape index (κ2) is 5.37. The Morgan fingerprint density at radius 1 is 1.35 bits per heavy atom. The SMILES string of the molecule is Cc1cc(C(=O)N[C@H]2CCSc3ccccc32)c(C)o1. The number of hydrogen-bond donors (Lipinski definition) is 1. The van der Waals surface area contributed by atoms with E-state index in [1.807, 2.05) is 37.7 Å². The molecule has 0 saturated heterocycles. The van der Waals surface area contributed by atoms with E-state index in [0.717, 1.165) is 17.9 Å². The van der Waals surface area contributed by atoms with Gasteiger partial charge in [0.25, 0.3) is 5.91 Å². The van der Waals surface area contributed by atoms with Gasteiger partial charge in [-0.25, -0.2) is 0 Å². The molecule has 1 aliphatic heterocycles. The highest BCUT2D eigenvalue weighted by molar-refractivity contribution is 7.99. The lowest BCUT2D eigenvalue weighted by molar-refractivity contribution is 0.0933. The van der Waals surface area contributed by atoms with Crippen LogP contribution in [0.2, 0.25) is 0 Å². The van der Waals surface area contributed by atoms with Crippen LogP contribution in [-0.4, -0.2) is 11.7 Å². The minimum absolute atomic E-state index is 0.0500. The molecule has 3 nitrogen and oxygen atoms in total. The molecule has 0 unspecified atom stereocenters. The Morgan fingerprint density at radius 2 is 2.15 bits per heavy atom. The highest BCUT2D eigenvalue weighted by Crippen LogP contribution is 2.36. The van der Waals surface area contributed by atoms with E-state index in [1.54, 1.807) is 6.07 Å². The van der Waals surface area contributed by atoms with Gasteiger partial charge in [0.15, 0.2) is 0 Å². The van der Waals surface area contributed by atoms with Gasteiger partial charge in [0, 0.05) is 10.6 Å². The summed E-state index contributed by atoms with van der Waals surface area (Å²) in [4.78, 5) is 13.6. The molecule has 1 aliphatic rings. The smallest absolute Gasteiger partial charge is 0.255 e. The van der Waals surface area contributed by atoms with Crippen molar-refractivity contribution in [3.63, 3.8) is 0 Å². The number of furan rings is 1. The molecule has 0 saturated carbocycles. The minimum Gasteiger partial charge on any atom is -0.466 e. The summed E-state index contributed by atoms with van der Waals surface area (Å²) in [7, 11) is 0. The van der Waals surface area contributed by atoms with E-state index in [-0.39, 0.29) is 11.9 Å². The van der Waals surface area contributed by atoms with Crippen molar-refractivity contribution >= 4 is 17.7 Å². The highest BCUT2D eigenvalue weighted by Gasteiger charge is 2.23. The zero-order chi connectivity index (χ0) is 14.1. The lowest BCUT2D eigenvalue weighted by Gasteiger charge is -2.25. The predicted octanol–water partition coefficient (Wildman–Crippen LogP) is 3.86. The number of nitrogens with one attached hydrogen (secondary N) is 1. The van der Waals surface area contributed by atoms with E-state index >= 15 is 0 Å². The van der Waals surface area contributed by atoms with Crippen LogP contribution in [0.1, 0.15) is 39.9 Å². The molecule has 104 valence electrons. The van der Waals surface area contributed by atoms with Crippen LogP contribution in [0.15, 0.2) is 39.6 Å². The number of fused-ring (bicyclic) bond motifs is 1. The van der Waals surface area contributed by atoms with Crippen molar-refractivity contribution in [2.45, 2.75) is 31.2 Å². The van der Waals surface area contributed by atoms with Crippen LogP contribution < -0.4 is 5.32 Å². The maximum atomic E-state index is 12.4. The number of thioether (sulfide) groups is 1. The molecular weight excluding hydrogens is 270 g/mol. The van der Waals surface area contributed by atoms with E-state index in [2.05, 4.69) is 17.4 Å². The third kappa shape index (κ3) is 2.48. The van der Waals surface area contributed by atoms with E-state index in [9.17, 15) is 4.79 Å². The predicted molar refractivity (Wildman–Crippen MR) is 80.2 cm³/mol. The number of rotatable bonds is 2. The van der Waals surface area contributed by atoms with Crippen LogP contribution in [0.25, 0.3) is 0 Å². The van der Waals surface area contributed by atoms with Crippen LogP contribution in [0.5, 0.6) is 0 Å². The average molecular weight is 287 g/mol. The fourth-order valence-corrected chi connectivity index (χ4v) is 3.71. The lowest BCUT2D eigenvalue weighted by atomic mass is 10.0. The Bertz CT molecular complexity index is 648. The Kier molecular flexibility index (Phi) is 3.57. The Balaban J connectivity index is 1.82. The molecule has 2 aromatic rings. The number of aryl methyl sites for hydroxylation is 2. The number of hydrogen-bond acceptors (Lipinski definition) is 3. The van der Waals surface area contributed by atoms with Crippen molar-refractivity contribution < 1.29 is 9.21 Å². The number of amides is 1. The van der Waals surface area contributed by atoms with Gasteiger partial charge in [-0.15, -0.1) is 11.8 Å². The van der Waals surface area contributed by atoms with Crippen molar-refractivity contribution in [1.29, 1.82) is 0 Å². The van der Waals surface area contributed by atoms with Crippen LogP contribution in [-0.2, 0) is 0 Å². The lowest BCUT2D eigenvalue weighted by Crippen LogP contribution is -2.30. The van der Waals surface area contributed by atoms with Gasteiger partial charge in [-0.2, -0.15) is 0 Å². The van der Waals surface area contributed by atoms with Gasteiger partial charge in [0.2, 0.25) is 0 Å². The monoisotopic (exact) mass is 287 g/mol. The van der Waals surface area contributed by atoms with Crippen molar-refractivity contribution in [2.24, 2.45) is 0 Å². The van der Waals surface area contributed by atoms with Crippen LogP contribution in [0.4, 0.5) is 0 Å². The van der Waals surface area contributed by atoms with Crippen molar-refractivity contribution in [3.05, 3.63) is 53.0 Å². The summed E-state index contributed by atoms with van der Waals surface area (Å²) < 4.78 is 5.43. The van der Waals surface area contributed by atoms with Gasteiger partial charge in [-0.1, -0.05) is 18.2 Å². The fraction of sp³-hybridized carbons (Fsp3) is 0.312. The second-order valence-corrected chi connectivity index (χ2v) is 6.16. The summed E-state index contributed by atoms with van der Waals surface area (Å²) in [6, 6.07) is 10.2. The standard InChI is InChI=1S/C16H17NO2S/c1-10-9-13(11(2)19-10)16(18)17-14-7-8-20-15-6-4-3-5-12(14)15/h3-6,9,14H,7-8H2,1-2H3,(H,17,18)/t14-/m0/s1. The minimum atomic E-state index is -0.0500. The fourth-order valence-electron chi connectivity index (χ4n) is 2.58. The molecular formula is C16H17NO2S. The van der Waals surface area contributed by atoms with Gasteiger partial charge in [-0.3, -0.25) is 4.79 Å². The summed E-state index contributed by atoms with van der Waals surface area (Å²) in [5.41, 5.74) is 1.85. The molecule has 0 fully saturated rings. The van der Waals surface area contributed by atoms with E-state index in [1.165, 1.54) is 10.5 Å². The third-order valence-corrected chi connectivity index (χ3v) is 4.67.